The van der Waals surface area contributed by atoms with E-state index in [9.17, 15) is 4.79 Å². The summed E-state index contributed by atoms with van der Waals surface area (Å²) in [5.41, 5.74) is 7.22. The van der Waals surface area contributed by atoms with Crippen LogP contribution in [0.15, 0.2) is 66.9 Å². The van der Waals surface area contributed by atoms with Crippen LogP contribution in [0.4, 0.5) is 0 Å². The Kier molecular flexibility index (Phi) is 4.47. The summed E-state index contributed by atoms with van der Waals surface area (Å²) >= 11 is 0. The number of nitrogens with zero attached hydrogens (tertiary/aromatic N) is 2. The summed E-state index contributed by atoms with van der Waals surface area (Å²) in [6.07, 6.45) is 5.11. The summed E-state index contributed by atoms with van der Waals surface area (Å²) in [4.78, 5) is 16.3. The van der Waals surface area contributed by atoms with Crippen molar-refractivity contribution >= 4 is 28.6 Å². The molecule has 2 heterocycles. The summed E-state index contributed by atoms with van der Waals surface area (Å²) in [5.74, 6) is -0.345. The number of rotatable bonds is 4. The van der Waals surface area contributed by atoms with Gasteiger partial charge in [-0.2, -0.15) is 0 Å². The zero-order valence-corrected chi connectivity index (χ0v) is 15.3. The van der Waals surface area contributed by atoms with Crippen molar-refractivity contribution in [1.82, 2.24) is 9.38 Å². The first-order chi connectivity index (χ1) is 13.2. The van der Waals surface area contributed by atoms with Crippen LogP contribution in [-0.4, -0.2) is 22.0 Å². The van der Waals surface area contributed by atoms with Gasteiger partial charge in [0.2, 0.25) is 0 Å². The van der Waals surface area contributed by atoms with Crippen LogP contribution < -0.4 is 0 Å². The third-order valence-corrected chi connectivity index (χ3v) is 4.55. The second kappa shape index (κ2) is 7.08. The fourth-order valence-corrected chi connectivity index (χ4v) is 3.25. The van der Waals surface area contributed by atoms with Gasteiger partial charge in [0.1, 0.15) is 0 Å². The highest BCUT2D eigenvalue weighted by molar-refractivity contribution is 5.92. The van der Waals surface area contributed by atoms with Gasteiger partial charge in [-0.1, -0.05) is 42.0 Å². The first kappa shape index (κ1) is 17.0. The summed E-state index contributed by atoms with van der Waals surface area (Å²) in [6, 6.07) is 18.6. The highest BCUT2D eigenvalue weighted by Crippen LogP contribution is 2.30. The molecule has 0 bridgehead atoms. The van der Waals surface area contributed by atoms with E-state index in [0.717, 1.165) is 33.4 Å². The number of fused-ring (bicyclic) bond motifs is 3. The monoisotopic (exact) mass is 356 g/mol. The average molecular weight is 356 g/mol. The maximum atomic E-state index is 11.7. The molecule has 0 aliphatic rings. The van der Waals surface area contributed by atoms with Crippen molar-refractivity contribution in [1.29, 1.82) is 0 Å². The van der Waals surface area contributed by atoms with E-state index in [-0.39, 0.29) is 5.97 Å². The molecule has 0 fully saturated rings. The molecule has 0 amide bonds. The minimum atomic E-state index is -0.345. The number of ether oxygens (including phenoxy) is 1. The average Bonchev–Trinajstić information content (AvgIpc) is 3.06. The number of aromatic nitrogens is 2. The van der Waals surface area contributed by atoms with Crippen LogP contribution in [0.25, 0.3) is 33.9 Å². The van der Waals surface area contributed by atoms with Gasteiger partial charge in [0.15, 0.2) is 0 Å². The molecule has 4 heteroatoms. The van der Waals surface area contributed by atoms with Crippen molar-refractivity contribution in [3.05, 3.63) is 78.0 Å². The van der Waals surface area contributed by atoms with Gasteiger partial charge in [-0.25, -0.2) is 4.79 Å². The maximum absolute atomic E-state index is 11.7. The van der Waals surface area contributed by atoms with Crippen molar-refractivity contribution in [2.24, 2.45) is 0 Å². The molecule has 134 valence electrons. The number of carbonyl (C=O) groups is 1. The topological polar surface area (TPSA) is 43.6 Å². The molecular formula is C23H20N2O2. The standard InChI is InChI=1S/C23H20N2O2/c1-3-27-23(26)13-12-18-14-21(17-10-8-16(2)9-11-17)25-20-7-5-4-6-19(20)24-15-22(18)25/h4-15H,3H2,1-2H3/b13-12+. The molecule has 0 radical (unpaired) electrons. The molecule has 0 aliphatic heterocycles. The smallest absolute Gasteiger partial charge is 0.330 e. The van der Waals surface area contributed by atoms with Crippen LogP contribution in [-0.2, 0) is 9.53 Å². The zero-order valence-electron chi connectivity index (χ0n) is 15.3. The largest absolute Gasteiger partial charge is 0.463 e. The number of esters is 1. The third kappa shape index (κ3) is 3.22. The summed E-state index contributed by atoms with van der Waals surface area (Å²) in [7, 11) is 0. The quantitative estimate of drug-likeness (QED) is 0.380. The Hall–Kier alpha value is -3.40. The molecule has 2 aromatic carbocycles. The second-order valence-corrected chi connectivity index (χ2v) is 6.40. The van der Waals surface area contributed by atoms with Gasteiger partial charge in [-0.3, -0.25) is 4.98 Å². The van der Waals surface area contributed by atoms with Gasteiger partial charge >= 0.3 is 5.97 Å². The fourth-order valence-electron chi connectivity index (χ4n) is 3.25. The van der Waals surface area contributed by atoms with Crippen LogP contribution in [0.1, 0.15) is 18.1 Å². The maximum Gasteiger partial charge on any atom is 0.330 e. The molecule has 2 aromatic heterocycles. The van der Waals surface area contributed by atoms with Gasteiger partial charge in [-0.05, 0) is 43.7 Å². The number of hydrogen-bond acceptors (Lipinski definition) is 3. The normalized spacial score (nSPS) is 11.5. The van der Waals surface area contributed by atoms with Crippen molar-refractivity contribution in [3.8, 4) is 11.3 Å². The molecule has 0 N–H and O–H groups in total. The van der Waals surface area contributed by atoms with Crippen molar-refractivity contribution < 1.29 is 9.53 Å². The first-order valence-corrected chi connectivity index (χ1v) is 8.98. The molecule has 0 saturated heterocycles. The number of benzene rings is 2. The lowest BCUT2D eigenvalue weighted by Crippen LogP contribution is -1.98. The molecule has 0 unspecified atom stereocenters. The number of hydrogen-bond donors (Lipinski definition) is 0. The molecule has 0 aliphatic carbocycles. The Morgan fingerprint density at radius 2 is 1.89 bits per heavy atom. The highest BCUT2D eigenvalue weighted by atomic mass is 16.5. The predicted octanol–water partition coefficient (Wildman–Crippen LogP) is 5.04. The van der Waals surface area contributed by atoms with Crippen molar-refractivity contribution in [2.75, 3.05) is 6.61 Å². The Balaban J connectivity index is 1.96. The van der Waals surface area contributed by atoms with Gasteiger partial charge in [-0.15, -0.1) is 0 Å². The summed E-state index contributed by atoms with van der Waals surface area (Å²) < 4.78 is 7.19. The molecular weight excluding hydrogens is 336 g/mol. The number of para-hydroxylation sites is 2. The van der Waals surface area contributed by atoms with Crippen LogP contribution in [0.5, 0.6) is 0 Å². The van der Waals surface area contributed by atoms with Crippen LogP contribution in [0.2, 0.25) is 0 Å². The van der Waals surface area contributed by atoms with Gasteiger partial charge in [0.05, 0.1) is 35.0 Å². The van der Waals surface area contributed by atoms with Crippen LogP contribution in [0, 0.1) is 6.92 Å². The minimum absolute atomic E-state index is 0.345. The zero-order chi connectivity index (χ0) is 18.8. The van der Waals surface area contributed by atoms with Crippen molar-refractivity contribution in [3.63, 3.8) is 0 Å². The van der Waals surface area contributed by atoms with E-state index < -0.39 is 0 Å². The Morgan fingerprint density at radius 1 is 1.11 bits per heavy atom. The Labute approximate surface area is 157 Å². The summed E-state index contributed by atoms with van der Waals surface area (Å²) in [5, 5.41) is 0. The van der Waals surface area contributed by atoms with E-state index in [1.807, 2.05) is 24.4 Å². The summed E-state index contributed by atoms with van der Waals surface area (Å²) in [6.45, 7) is 4.23. The van der Waals surface area contributed by atoms with E-state index in [1.54, 1.807) is 13.0 Å². The molecule has 4 nitrogen and oxygen atoms in total. The fraction of sp³-hybridized carbons (Fsp3) is 0.130. The van der Waals surface area contributed by atoms with Gasteiger partial charge < -0.3 is 9.14 Å². The molecule has 0 spiro atoms. The van der Waals surface area contributed by atoms with Gasteiger partial charge in [0, 0.05) is 11.6 Å². The van der Waals surface area contributed by atoms with E-state index in [1.165, 1.54) is 11.6 Å². The number of aryl methyl sites for hydroxylation is 1. The molecule has 0 saturated carbocycles. The van der Waals surface area contributed by atoms with E-state index in [4.69, 9.17) is 4.74 Å². The third-order valence-electron chi connectivity index (χ3n) is 4.55. The minimum Gasteiger partial charge on any atom is -0.463 e. The van der Waals surface area contributed by atoms with Gasteiger partial charge in [0.25, 0.3) is 0 Å². The lowest BCUT2D eigenvalue weighted by molar-refractivity contribution is -0.137. The predicted molar refractivity (Wildman–Crippen MR) is 109 cm³/mol. The molecule has 4 aromatic rings. The van der Waals surface area contributed by atoms with Crippen molar-refractivity contribution in [2.45, 2.75) is 13.8 Å². The van der Waals surface area contributed by atoms with Crippen LogP contribution in [0.3, 0.4) is 0 Å². The molecule has 4 rings (SSSR count). The van der Waals surface area contributed by atoms with E-state index in [0.29, 0.717) is 6.61 Å². The first-order valence-electron chi connectivity index (χ1n) is 8.98. The SMILES string of the molecule is CCOC(=O)/C=C/c1cc(-c2ccc(C)cc2)n2c1cnc1ccccc12. The Bertz CT molecular complexity index is 1150. The highest BCUT2D eigenvalue weighted by Gasteiger charge is 2.13. The second-order valence-electron chi connectivity index (χ2n) is 6.40. The lowest BCUT2D eigenvalue weighted by atomic mass is 10.1. The Morgan fingerprint density at radius 3 is 2.67 bits per heavy atom. The van der Waals surface area contributed by atoms with Crippen LogP contribution >= 0.6 is 0 Å². The number of carbonyl (C=O) groups excluding carboxylic acids is 1. The molecule has 27 heavy (non-hydrogen) atoms. The van der Waals surface area contributed by atoms with E-state index >= 15 is 0 Å². The molecule has 0 atom stereocenters. The van der Waals surface area contributed by atoms with E-state index in [2.05, 4.69) is 52.7 Å². The lowest BCUT2D eigenvalue weighted by Gasteiger charge is -2.07.